The van der Waals surface area contributed by atoms with Crippen LogP contribution in [0.5, 0.6) is 0 Å². The van der Waals surface area contributed by atoms with Gasteiger partial charge in [0.15, 0.2) is 13.1 Å². The quantitative estimate of drug-likeness (QED) is 0.121. The first-order valence-electron chi connectivity index (χ1n) is 17.4. The Morgan fingerprint density at radius 3 is 2.25 bits per heavy atom. The molecule has 1 aromatic carbocycles. The predicted molar refractivity (Wildman–Crippen MR) is 203 cm³/mol. The van der Waals surface area contributed by atoms with E-state index in [2.05, 4.69) is 37.5 Å². The van der Waals surface area contributed by atoms with Crippen LogP contribution in [0.4, 0.5) is 5.69 Å². The van der Waals surface area contributed by atoms with E-state index in [1.807, 2.05) is 36.1 Å². The molecule has 0 bridgehead atoms. The summed E-state index contributed by atoms with van der Waals surface area (Å²) in [5.41, 5.74) is 2.62. The molecule has 13 nitrogen and oxygen atoms in total. The molecule has 3 aliphatic rings. The van der Waals surface area contributed by atoms with Crippen LogP contribution in [0.1, 0.15) is 70.3 Å². The summed E-state index contributed by atoms with van der Waals surface area (Å²) in [5.74, 6) is -0.238. The third-order valence-electron chi connectivity index (χ3n) is 9.45. The molecule has 0 amide bonds. The van der Waals surface area contributed by atoms with E-state index in [1.165, 1.54) is 12.1 Å². The number of ether oxygens (including phenoxy) is 2. The van der Waals surface area contributed by atoms with Gasteiger partial charge >= 0.3 is 5.97 Å². The Morgan fingerprint density at radius 1 is 0.981 bits per heavy atom. The van der Waals surface area contributed by atoms with Gasteiger partial charge in [0.05, 0.1) is 16.7 Å². The average molecular weight is 776 g/mol. The molecule has 0 aromatic heterocycles. The van der Waals surface area contributed by atoms with Crippen LogP contribution in [0.25, 0.3) is 17.4 Å². The van der Waals surface area contributed by atoms with E-state index in [-0.39, 0.29) is 36.1 Å². The highest BCUT2D eigenvalue weighted by atomic mass is 32.2. The Hall–Kier alpha value is -3.86. The fourth-order valence-corrected chi connectivity index (χ4v) is 7.80. The first kappa shape index (κ1) is 41.9. The molecule has 290 valence electrons. The van der Waals surface area contributed by atoms with Gasteiger partial charge in [-0.05, 0) is 85.2 Å². The summed E-state index contributed by atoms with van der Waals surface area (Å²) in [6.45, 7) is 10.8. The van der Waals surface area contributed by atoms with E-state index >= 15 is 0 Å². The van der Waals surface area contributed by atoms with Crippen LogP contribution in [0, 0.1) is 0 Å². The van der Waals surface area contributed by atoms with Gasteiger partial charge in [-0.3, -0.25) is 13.9 Å². The van der Waals surface area contributed by atoms with E-state index in [4.69, 9.17) is 13.9 Å². The maximum atomic E-state index is 12.2. The van der Waals surface area contributed by atoms with Crippen LogP contribution < -0.4 is 14.8 Å². The van der Waals surface area contributed by atoms with Crippen molar-refractivity contribution in [1.82, 2.24) is 4.58 Å². The monoisotopic (exact) mass is 775 g/mol. The number of hydrogen-bond acceptors (Lipinski definition) is 9. The molecule has 0 fully saturated rings. The van der Waals surface area contributed by atoms with E-state index in [9.17, 15) is 35.8 Å². The molecule has 3 N–H and O–H groups in total. The van der Waals surface area contributed by atoms with E-state index in [0.29, 0.717) is 61.2 Å². The van der Waals surface area contributed by atoms with Crippen molar-refractivity contribution in [2.24, 2.45) is 0 Å². The molecule has 15 heteroatoms. The van der Waals surface area contributed by atoms with Gasteiger partial charge in [-0.15, -0.1) is 0 Å². The topological polar surface area (TPSA) is 184 Å². The number of nitrogens with zero attached hydrogens (tertiary/aromatic N) is 2. The number of fused-ring (bicyclic) bond motifs is 2. The number of benzene rings is 2. The number of allylic oxidation sites excluding steroid dienone is 3. The fourth-order valence-electron chi connectivity index (χ4n) is 6.80. The fraction of sp³-hybridized carbons (Fsp3) is 0.474. The molecule has 53 heavy (non-hydrogen) atoms. The number of carbonyl (C=O) groups is 1. The Labute approximate surface area is 312 Å². The van der Waals surface area contributed by atoms with Crippen molar-refractivity contribution in [2.75, 3.05) is 57.7 Å². The highest BCUT2D eigenvalue weighted by Crippen LogP contribution is 2.51. The smallest absolute Gasteiger partial charge is 0.303 e. The summed E-state index contributed by atoms with van der Waals surface area (Å²) in [6, 6.07) is 12.3. The van der Waals surface area contributed by atoms with Crippen LogP contribution in [0.2, 0.25) is 0 Å². The van der Waals surface area contributed by atoms with Gasteiger partial charge in [-0.1, -0.05) is 26.8 Å². The molecule has 4 rings (SSSR count). The highest BCUT2D eigenvalue weighted by Gasteiger charge is 2.43. The lowest BCUT2D eigenvalue weighted by Crippen LogP contribution is -2.35. The van der Waals surface area contributed by atoms with E-state index < -0.39 is 37.4 Å². The number of carboxylic acids is 1. The van der Waals surface area contributed by atoms with Crippen molar-refractivity contribution in [2.45, 2.75) is 69.1 Å². The maximum Gasteiger partial charge on any atom is 0.303 e. The van der Waals surface area contributed by atoms with Crippen LogP contribution in [0.3, 0.4) is 0 Å². The summed E-state index contributed by atoms with van der Waals surface area (Å²) in [7, 11) is -5.51. The minimum absolute atomic E-state index is 0.0493. The molecule has 0 radical (unpaired) electrons. The lowest BCUT2D eigenvalue weighted by Gasteiger charge is -2.30. The lowest BCUT2D eigenvalue weighted by atomic mass is 9.77. The van der Waals surface area contributed by atoms with Crippen molar-refractivity contribution in [3.8, 4) is 11.3 Å². The van der Waals surface area contributed by atoms with Gasteiger partial charge in [0.25, 0.3) is 20.2 Å². The minimum Gasteiger partial charge on any atom is -0.481 e. The SMILES string of the molecule is COCC[N+](CCOC)=c1ccc2c(C(C)(C)C)cc(C=CC=C3N(CCCS(=O)(=O)O)c4ccc(S(=O)(=O)O)cc4C3(C)CCCC(=O)O)oc-2c1. The van der Waals surface area contributed by atoms with Crippen molar-refractivity contribution in [3.05, 3.63) is 82.6 Å². The standard InChI is InChI=1S/C38H50N2O11S2/c1-37(2,3)31-25-28(51-34-24-27(13-15-30(31)34)39(19-21-49-5)20-22-50-6)10-7-11-35-38(4,17-8-12-36(41)42)32-26-29(53(46,47)48)14-16-33(32)40(35)18-9-23-52(43,44)45/h7,10-11,13-16,24-26H,8-9,12,17-23H2,1-6H3,(H2-,41,42,43,44,45,46,47,48)/p+1. The molecule has 1 aromatic rings. The first-order valence-corrected chi connectivity index (χ1v) is 20.4. The molecule has 0 spiro atoms. The number of hydrogen-bond donors (Lipinski definition) is 3. The number of aliphatic carboxylic acids is 1. The van der Waals surface area contributed by atoms with Crippen LogP contribution in [-0.4, -0.2) is 89.8 Å². The van der Waals surface area contributed by atoms with Crippen molar-refractivity contribution < 1.29 is 49.7 Å². The van der Waals surface area contributed by atoms with E-state index in [1.54, 1.807) is 26.4 Å². The Bertz CT molecular complexity index is 2100. The second-order valence-electron chi connectivity index (χ2n) is 14.4. The zero-order valence-corrected chi connectivity index (χ0v) is 32.8. The maximum absolute atomic E-state index is 12.2. The summed E-state index contributed by atoms with van der Waals surface area (Å²) in [6.07, 6.45) is 5.90. The number of methoxy groups -OCH3 is 2. The Kier molecular flexibility index (Phi) is 13.5. The zero-order valence-electron chi connectivity index (χ0n) is 31.2. The minimum atomic E-state index is -4.57. The molecular formula is C38H51N2O11S2+. The summed E-state index contributed by atoms with van der Waals surface area (Å²) in [4.78, 5) is 13.0. The van der Waals surface area contributed by atoms with E-state index in [0.717, 1.165) is 16.5 Å². The molecule has 0 saturated carbocycles. The molecule has 1 aliphatic carbocycles. The number of anilines is 1. The predicted octanol–water partition coefficient (Wildman–Crippen LogP) is 5.20. The van der Waals surface area contributed by atoms with Gasteiger partial charge in [0.1, 0.15) is 24.7 Å². The lowest BCUT2D eigenvalue weighted by molar-refractivity contribution is -0.137. The molecular weight excluding hydrogens is 725 g/mol. The van der Waals surface area contributed by atoms with Crippen LogP contribution >= 0.6 is 0 Å². The Balaban J connectivity index is 1.89. The number of rotatable bonds is 17. The van der Waals surface area contributed by atoms with Gasteiger partial charge in [0, 0.05) is 55.6 Å². The second kappa shape index (κ2) is 17.1. The van der Waals surface area contributed by atoms with Crippen LogP contribution in [-0.2, 0) is 45.3 Å². The molecule has 2 heterocycles. The zero-order chi connectivity index (χ0) is 39.2. The molecule has 0 saturated heterocycles. The van der Waals surface area contributed by atoms with Gasteiger partial charge in [-0.25, -0.2) is 4.58 Å². The van der Waals surface area contributed by atoms with Crippen molar-refractivity contribution in [1.29, 1.82) is 0 Å². The Morgan fingerprint density at radius 2 is 1.66 bits per heavy atom. The second-order valence-corrected chi connectivity index (χ2v) is 17.4. The van der Waals surface area contributed by atoms with Crippen molar-refractivity contribution >= 4 is 38.0 Å². The number of carboxylic acid groups (broad SMARTS) is 1. The van der Waals surface area contributed by atoms with Gasteiger partial charge < -0.3 is 23.9 Å². The van der Waals surface area contributed by atoms with Gasteiger partial charge in [-0.2, -0.15) is 16.8 Å². The molecule has 2 aliphatic heterocycles. The third-order valence-corrected chi connectivity index (χ3v) is 11.1. The first-order chi connectivity index (χ1) is 24.8. The summed E-state index contributed by atoms with van der Waals surface area (Å²) >= 11 is 0. The largest absolute Gasteiger partial charge is 0.481 e. The van der Waals surface area contributed by atoms with Crippen molar-refractivity contribution in [3.63, 3.8) is 0 Å². The molecule has 1 unspecified atom stereocenters. The summed E-state index contributed by atoms with van der Waals surface area (Å²) in [5, 5.41) is 10.4. The summed E-state index contributed by atoms with van der Waals surface area (Å²) < 4.78 is 86.3. The third kappa shape index (κ3) is 10.6. The normalized spacial score (nSPS) is 17.3. The highest BCUT2D eigenvalue weighted by molar-refractivity contribution is 7.86. The molecule has 1 atom stereocenters. The van der Waals surface area contributed by atoms with Gasteiger partial charge in [0.2, 0.25) is 5.36 Å². The average Bonchev–Trinajstić information content (AvgIpc) is 3.29. The van der Waals surface area contributed by atoms with Crippen LogP contribution in [0.15, 0.2) is 69.6 Å².